The summed E-state index contributed by atoms with van der Waals surface area (Å²) < 4.78 is 23.2. The van der Waals surface area contributed by atoms with Gasteiger partial charge in [-0.15, -0.1) is 0 Å². The number of sulfone groups is 1. The Morgan fingerprint density at radius 1 is 1.38 bits per heavy atom. The van der Waals surface area contributed by atoms with Crippen LogP contribution in [0.4, 0.5) is 0 Å². The smallest absolute Gasteiger partial charge is 0.270 e. The van der Waals surface area contributed by atoms with E-state index >= 15 is 0 Å². The topological polar surface area (TPSA) is 70.2 Å². The fourth-order valence-electron chi connectivity index (χ4n) is 2.93. The first-order valence-corrected chi connectivity index (χ1v) is 8.91. The molecule has 1 saturated heterocycles. The lowest BCUT2D eigenvalue weighted by Gasteiger charge is -2.26. The van der Waals surface area contributed by atoms with E-state index in [2.05, 4.69) is 4.98 Å². The molecule has 1 amide bonds. The second-order valence-electron chi connectivity index (χ2n) is 5.42. The second-order valence-corrected chi connectivity index (χ2v) is 7.65. The summed E-state index contributed by atoms with van der Waals surface area (Å²) in [6.45, 7) is 2.39. The Labute approximate surface area is 123 Å². The van der Waals surface area contributed by atoms with Gasteiger partial charge in [-0.1, -0.05) is 18.2 Å². The van der Waals surface area contributed by atoms with Crippen LogP contribution in [0.25, 0.3) is 10.9 Å². The molecule has 5 nitrogen and oxygen atoms in total. The first kappa shape index (κ1) is 14.1. The number of aromatic amines is 1. The number of nitrogens with one attached hydrogen (secondary N) is 1. The number of rotatable bonds is 3. The Balaban J connectivity index is 1.88. The minimum absolute atomic E-state index is 0.0762. The molecule has 21 heavy (non-hydrogen) atoms. The lowest BCUT2D eigenvalue weighted by atomic mass is 10.2. The molecule has 1 aromatic heterocycles. The molecule has 1 fully saturated rings. The van der Waals surface area contributed by atoms with E-state index in [-0.39, 0.29) is 23.5 Å². The van der Waals surface area contributed by atoms with Crippen molar-refractivity contribution >= 4 is 26.6 Å². The highest BCUT2D eigenvalue weighted by Crippen LogP contribution is 2.21. The van der Waals surface area contributed by atoms with Crippen molar-refractivity contribution in [3.05, 3.63) is 36.0 Å². The summed E-state index contributed by atoms with van der Waals surface area (Å²) in [7, 11) is -3.00. The van der Waals surface area contributed by atoms with Gasteiger partial charge in [-0.3, -0.25) is 4.79 Å². The quantitative estimate of drug-likeness (QED) is 0.940. The largest absolute Gasteiger partial charge is 0.351 e. The fraction of sp³-hybridized carbons (Fsp3) is 0.400. The summed E-state index contributed by atoms with van der Waals surface area (Å²) in [6.07, 6.45) is 0.530. The standard InChI is InChI=1S/C15H18N2O3S/c1-2-17(12-7-8-21(19,20)10-12)15(18)14-9-11-5-3-4-6-13(11)16-14/h3-6,9,12,16H,2,7-8,10H2,1H3. The summed E-state index contributed by atoms with van der Waals surface area (Å²) in [6, 6.07) is 9.31. The summed E-state index contributed by atoms with van der Waals surface area (Å²) >= 11 is 0. The Morgan fingerprint density at radius 3 is 2.76 bits per heavy atom. The van der Waals surface area contributed by atoms with Gasteiger partial charge in [-0.25, -0.2) is 8.42 Å². The van der Waals surface area contributed by atoms with Crippen molar-refractivity contribution in [3.8, 4) is 0 Å². The Morgan fingerprint density at radius 2 is 2.14 bits per heavy atom. The number of para-hydroxylation sites is 1. The van der Waals surface area contributed by atoms with E-state index in [0.29, 0.717) is 18.7 Å². The third-order valence-electron chi connectivity index (χ3n) is 4.01. The number of benzene rings is 1. The summed E-state index contributed by atoms with van der Waals surface area (Å²) in [4.78, 5) is 17.4. The molecular formula is C15H18N2O3S. The maximum atomic E-state index is 12.6. The summed E-state index contributed by atoms with van der Waals surface area (Å²) in [5.74, 6) is 0.122. The minimum atomic E-state index is -3.00. The Hall–Kier alpha value is -1.82. The van der Waals surface area contributed by atoms with Gasteiger partial charge in [0.05, 0.1) is 11.5 Å². The molecule has 3 rings (SSSR count). The van der Waals surface area contributed by atoms with Gasteiger partial charge in [0.1, 0.15) is 5.69 Å². The van der Waals surface area contributed by atoms with Gasteiger partial charge in [0.25, 0.3) is 5.91 Å². The van der Waals surface area contributed by atoms with Gasteiger partial charge < -0.3 is 9.88 Å². The van der Waals surface area contributed by atoms with Crippen LogP contribution in [0.15, 0.2) is 30.3 Å². The molecule has 2 heterocycles. The van der Waals surface area contributed by atoms with Crippen molar-refractivity contribution in [1.29, 1.82) is 0 Å². The van der Waals surface area contributed by atoms with E-state index in [1.54, 1.807) is 4.90 Å². The molecule has 2 aromatic rings. The number of H-pyrrole nitrogens is 1. The number of aromatic nitrogens is 1. The van der Waals surface area contributed by atoms with Gasteiger partial charge in [-0.2, -0.15) is 0 Å². The molecular weight excluding hydrogens is 288 g/mol. The van der Waals surface area contributed by atoms with E-state index in [1.807, 2.05) is 37.3 Å². The van der Waals surface area contributed by atoms with Gasteiger partial charge in [0.2, 0.25) is 0 Å². The summed E-state index contributed by atoms with van der Waals surface area (Å²) in [5, 5.41) is 0.982. The molecule has 0 saturated carbocycles. The summed E-state index contributed by atoms with van der Waals surface area (Å²) in [5.41, 5.74) is 1.43. The van der Waals surface area contributed by atoms with Crippen LogP contribution < -0.4 is 0 Å². The van der Waals surface area contributed by atoms with Crippen molar-refractivity contribution in [1.82, 2.24) is 9.88 Å². The molecule has 1 N–H and O–H groups in total. The monoisotopic (exact) mass is 306 g/mol. The zero-order valence-electron chi connectivity index (χ0n) is 11.9. The number of carbonyl (C=O) groups excluding carboxylic acids is 1. The van der Waals surface area contributed by atoms with Crippen LogP contribution in [-0.4, -0.2) is 48.3 Å². The maximum Gasteiger partial charge on any atom is 0.270 e. The third-order valence-corrected chi connectivity index (χ3v) is 5.76. The second kappa shape index (κ2) is 5.18. The third kappa shape index (κ3) is 2.68. The number of hydrogen-bond acceptors (Lipinski definition) is 3. The molecule has 6 heteroatoms. The fourth-order valence-corrected chi connectivity index (χ4v) is 4.66. The average molecular weight is 306 g/mol. The van der Waals surface area contributed by atoms with Crippen molar-refractivity contribution in [2.75, 3.05) is 18.1 Å². The van der Waals surface area contributed by atoms with Crippen LogP contribution in [0.1, 0.15) is 23.8 Å². The molecule has 0 spiro atoms. The highest BCUT2D eigenvalue weighted by atomic mass is 32.2. The first-order valence-electron chi connectivity index (χ1n) is 7.09. The molecule has 0 aliphatic carbocycles. The Bertz CT molecular complexity index is 746. The predicted octanol–water partition coefficient (Wildman–Crippen LogP) is 1.82. The van der Waals surface area contributed by atoms with E-state index in [0.717, 1.165) is 10.9 Å². The number of hydrogen-bond donors (Lipinski definition) is 1. The zero-order chi connectivity index (χ0) is 15.0. The van der Waals surface area contributed by atoms with Crippen molar-refractivity contribution in [2.24, 2.45) is 0 Å². The highest BCUT2D eigenvalue weighted by molar-refractivity contribution is 7.91. The molecule has 0 radical (unpaired) electrons. The minimum Gasteiger partial charge on any atom is -0.351 e. The van der Waals surface area contributed by atoms with E-state index in [1.165, 1.54) is 0 Å². The van der Waals surface area contributed by atoms with Gasteiger partial charge in [0.15, 0.2) is 9.84 Å². The van der Waals surface area contributed by atoms with Crippen LogP contribution in [0.2, 0.25) is 0 Å². The first-order chi connectivity index (χ1) is 10.00. The van der Waals surface area contributed by atoms with Crippen LogP contribution in [0, 0.1) is 0 Å². The highest BCUT2D eigenvalue weighted by Gasteiger charge is 2.34. The van der Waals surface area contributed by atoms with Crippen molar-refractivity contribution in [3.63, 3.8) is 0 Å². The molecule has 112 valence electrons. The number of amides is 1. The number of nitrogens with zero attached hydrogens (tertiary/aromatic N) is 1. The molecule has 0 bridgehead atoms. The average Bonchev–Trinajstić information content (AvgIpc) is 3.02. The molecule has 1 aliphatic heterocycles. The van der Waals surface area contributed by atoms with Gasteiger partial charge in [-0.05, 0) is 25.5 Å². The van der Waals surface area contributed by atoms with E-state index in [9.17, 15) is 13.2 Å². The zero-order valence-corrected chi connectivity index (χ0v) is 12.7. The predicted molar refractivity (Wildman–Crippen MR) is 82.1 cm³/mol. The van der Waals surface area contributed by atoms with Crippen molar-refractivity contribution < 1.29 is 13.2 Å². The Kier molecular flexibility index (Phi) is 3.49. The van der Waals surface area contributed by atoms with Gasteiger partial charge >= 0.3 is 0 Å². The lowest BCUT2D eigenvalue weighted by molar-refractivity contribution is 0.0703. The SMILES string of the molecule is CCN(C(=O)c1cc2ccccc2[nH]1)C1CCS(=O)(=O)C1. The maximum absolute atomic E-state index is 12.6. The molecule has 1 unspecified atom stereocenters. The number of carbonyl (C=O) groups is 1. The van der Waals surface area contributed by atoms with Crippen LogP contribution in [0.5, 0.6) is 0 Å². The van der Waals surface area contributed by atoms with Crippen LogP contribution >= 0.6 is 0 Å². The molecule has 1 atom stereocenters. The van der Waals surface area contributed by atoms with E-state index in [4.69, 9.17) is 0 Å². The normalized spacial score (nSPS) is 20.7. The van der Waals surface area contributed by atoms with Crippen molar-refractivity contribution in [2.45, 2.75) is 19.4 Å². The molecule has 1 aliphatic rings. The van der Waals surface area contributed by atoms with Crippen LogP contribution in [0.3, 0.4) is 0 Å². The van der Waals surface area contributed by atoms with Crippen LogP contribution in [-0.2, 0) is 9.84 Å². The molecule has 1 aromatic carbocycles. The lowest BCUT2D eigenvalue weighted by Crippen LogP contribution is -2.41. The van der Waals surface area contributed by atoms with E-state index < -0.39 is 9.84 Å². The van der Waals surface area contributed by atoms with Gasteiger partial charge in [0, 0.05) is 23.5 Å². The number of fused-ring (bicyclic) bond motifs is 1.